The summed E-state index contributed by atoms with van der Waals surface area (Å²) in [5.74, 6) is 0. The van der Waals surface area contributed by atoms with Crippen LogP contribution in [-0.2, 0) is 0 Å². The van der Waals surface area contributed by atoms with Crippen LogP contribution in [0.4, 0.5) is 0 Å². The van der Waals surface area contributed by atoms with Gasteiger partial charge in [-0.05, 0) is 17.3 Å². The lowest BCUT2D eigenvalue weighted by Gasteiger charge is -1.94. The van der Waals surface area contributed by atoms with E-state index < -0.39 is 0 Å². The van der Waals surface area contributed by atoms with Crippen LogP contribution in [0.3, 0.4) is 0 Å². The Kier molecular flexibility index (Phi) is 1.11. The average molecular weight is 171 g/mol. The van der Waals surface area contributed by atoms with Gasteiger partial charge in [-0.25, -0.2) is 4.98 Å². The van der Waals surface area contributed by atoms with Gasteiger partial charge < -0.3 is 4.98 Å². The van der Waals surface area contributed by atoms with Gasteiger partial charge in [0.05, 0.1) is 29.1 Å². The molecule has 62 valence electrons. The number of H-pyrrole nitrogens is 1. The summed E-state index contributed by atoms with van der Waals surface area (Å²) in [6.45, 7) is 0. The highest BCUT2D eigenvalue weighted by Gasteiger charge is 2.02. The molecule has 0 aliphatic heterocycles. The maximum absolute atomic E-state index is 4.14. The number of nitrogens with one attached hydrogen (secondary N) is 1. The molecule has 1 aromatic carbocycles. The summed E-state index contributed by atoms with van der Waals surface area (Å²) in [6.07, 6.45) is 3.34. The number of hydrogen-bond acceptors (Lipinski definition) is 4. The molecule has 5 heteroatoms. The van der Waals surface area contributed by atoms with Crippen molar-refractivity contribution in [2.24, 2.45) is 0 Å². The summed E-state index contributed by atoms with van der Waals surface area (Å²) < 4.78 is 0. The van der Waals surface area contributed by atoms with Crippen LogP contribution in [0.25, 0.3) is 21.9 Å². The number of nitrogens with zero attached hydrogens (tertiary/aromatic N) is 4. The highest BCUT2D eigenvalue weighted by atomic mass is 15.3. The van der Waals surface area contributed by atoms with Gasteiger partial charge in [0.2, 0.25) is 0 Å². The molecule has 0 aliphatic rings. The zero-order valence-electron chi connectivity index (χ0n) is 6.60. The number of hydrogen-bond donors (Lipinski definition) is 1. The minimum atomic E-state index is 0.826. The zero-order chi connectivity index (χ0) is 8.67. The minimum absolute atomic E-state index is 0.826. The molecule has 0 bridgehead atoms. The van der Waals surface area contributed by atoms with Crippen LogP contribution in [0.5, 0.6) is 0 Å². The van der Waals surface area contributed by atoms with Crippen molar-refractivity contribution in [3.8, 4) is 0 Å². The number of aromatic nitrogens is 5. The summed E-state index contributed by atoms with van der Waals surface area (Å²) in [5.41, 5.74) is 2.70. The Morgan fingerprint density at radius 2 is 2.08 bits per heavy atom. The number of rotatable bonds is 0. The summed E-state index contributed by atoms with van der Waals surface area (Å²) in [5, 5.41) is 12.2. The molecule has 13 heavy (non-hydrogen) atoms. The van der Waals surface area contributed by atoms with E-state index in [-0.39, 0.29) is 0 Å². The first-order valence-electron chi connectivity index (χ1n) is 3.85. The van der Waals surface area contributed by atoms with Gasteiger partial charge in [-0.3, -0.25) is 0 Å². The minimum Gasteiger partial charge on any atom is -0.344 e. The molecule has 2 heterocycles. The Bertz CT molecular complexity index is 571. The number of imidazole rings is 1. The second-order valence-electron chi connectivity index (χ2n) is 2.73. The summed E-state index contributed by atoms with van der Waals surface area (Å²) >= 11 is 0. The Morgan fingerprint density at radius 1 is 1.15 bits per heavy atom. The zero-order valence-corrected chi connectivity index (χ0v) is 6.60. The van der Waals surface area contributed by atoms with E-state index in [9.17, 15) is 0 Å². The highest BCUT2D eigenvalue weighted by molar-refractivity contribution is 6.01. The third-order valence-corrected chi connectivity index (χ3v) is 2.00. The lowest BCUT2D eigenvalue weighted by Crippen LogP contribution is -1.87. The van der Waals surface area contributed by atoms with E-state index in [0.717, 1.165) is 21.9 Å². The molecule has 0 spiro atoms. The molecule has 0 saturated carbocycles. The van der Waals surface area contributed by atoms with E-state index in [4.69, 9.17) is 0 Å². The van der Waals surface area contributed by atoms with Crippen molar-refractivity contribution in [3.05, 3.63) is 24.7 Å². The molecule has 3 rings (SSSR count). The fourth-order valence-electron chi connectivity index (χ4n) is 1.40. The second kappa shape index (κ2) is 2.22. The van der Waals surface area contributed by atoms with E-state index in [2.05, 4.69) is 25.4 Å². The third kappa shape index (κ3) is 0.807. The molecule has 0 radical (unpaired) electrons. The third-order valence-electron chi connectivity index (χ3n) is 2.00. The fourth-order valence-corrected chi connectivity index (χ4v) is 1.40. The van der Waals surface area contributed by atoms with Crippen molar-refractivity contribution < 1.29 is 0 Å². The van der Waals surface area contributed by atoms with Crippen LogP contribution >= 0.6 is 0 Å². The van der Waals surface area contributed by atoms with Gasteiger partial charge in [0.25, 0.3) is 0 Å². The van der Waals surface area contributed by atoms with E-state index in [1.165, 1.54) is 0 Å². The summed E-state index contributed by atoms with van der Waals surface area (Å²) in [7, 11) is 0. The van der Waals surface area contributed by atoms with E-state index in [1.807, 2.05) is 12.1 Å². The predicted molar refractivity (Wildman–Crippen MR) is 47.0 cm³/mol. The molecule has 0 aliphatic carbocycles. The molecule has 0 unspecified atom stereocenters. The molecule has 1 N–H and O–H groups in total. The largest absolute Gasteiger partial charge is 0.344 e. The van der Waals surface area contributed by atoms with Crippen molar-refractivity contribution in [2.45, 2.75) is 0 Å². The van der Waals surface area contributed by atoms with Gasteiger partial charge >= 0.3 is 0 Å². The van der Waals surface area contributed by atoms with Gasteiger partial charge in [-0.1, -0.05) is 0 Å². The quantitative estimate of drug-likeness (QED) is 0.545. The van der Waals surface area contributed by atoms with Gasteiger partial charge in [-0.2, -0.15) is 0 Å². The van der Waals surface area contributed by atoms with Crippen LogP contribution in [0.15, 0.2) is 24.7 Å². The van der Waals surface area contributed by atoms with Gasteiger partial charge in [0.1, 0.15) is 0 Å². The van der Waals surface area contributed by atoms with Crippen LogP contribution in [-0.4, -0.2) is 25.4 Å². The molecule has 0 amide bonds. The lowest BCUT2D eigenvalue weighted by molar-refractivity contribution is 0.896. The molecular formula is C8H5N5. The molecule has 0 atom stereocenters. The van der Waals surface area contributed by atoms with Crippen molar-refractivity contribution in [1.82, 2.24) is 25.4 Å². The Hall–Kier alpha value is -2.04. The molecular weight excluding hydrogens is 166 g/mol. The lowest BCUT2D eigenvalue weighted by atomic mass is 10.2. The van der Waals surface area contributed by atoms with Gasteiger partial charge in [-0.15, -0.1) is 10.2 Å². The average Bonchev–Trinajstić information content (AvgIpc) is 2.65. The fraction of sp³-hybridized carbons (Fsp3) is 0. The monoisotopic (exact) mass is 171 g/mol. The Morgan fingerprint density at radius 3 is 3.08 bits per heavy atom. The van der Waals surface area contributed by atoms with Crippen LogP contribution in [0.2, 0.25) is 0 Å². The van der Waals surface area contributed by atoms with Crippen LogP contribution < -0.4 is 0 Å². The van der Waals surface area contributed by atoms with Crippen molar-refractivity contribution in [2.75, 3.05) is 0 Å². The normalized spacial score (nSPS) is 11.1. The number of aromatic amines is 1. The van der Waals surface area contributed by atoms with E-state index in [0.29, 0.717) is 0 Å². The standard InChI is InChI=1S/C8H5N5/c1-2-7-8(10-4-9-7)5-3-11-13-12-6(1)5/h1-4H,(H,9,10). The summed E-state index contributed by atoms with van der Waals surface area (Å²) in [4.78, 5) is 7.18. The van der Waals surface area contributed by atoms with Crippen LogP contribution in [0, 0.1) is 0 Å². The molecule has 0 saturated heterocycles. The van der Waals surface area contributed by atoms with Crippen molar-refractivity contribution >= 4 is 21.9 Å². The molecule has 2 aromatic heterocycles. The smallest absolute Gasteiger partial charge is 0.0986 e. The SMILES string of the molecule is c1nc2ccc3nnncc3c2[nH]1. The topological polar surface area (TPSA) is 67.3 Å². The maximum Gasteiger partial charge on any atom is 0.0986 e. The van der Waals surface area contributed by atoms with Gasteiger partial charge in [0, 0.05) is 5.39 Å². The van der Waals surface area contributed by atoms with Crippen LogP contribution in [0.1, 0.15) is 0 Å². The first-order chi connectivity index (χ1) is 6.45. The summed E-state index contributed by atoms with van der Waals surface area (Å²) in [6, 6.07) is 3.79. The van der Waals surface area contributed by atoms with E-state index >= 15 is 0 Å². The molecule has 3 aromatic rings. The first-order valence-corrected chi connectivity index (χ1v) is 3.85. The van der Waals surface area contributed by atoms with E-state index in [1.54, 1.807) is 12.5 Å². The highest BCUT2D eigenvalue weighted by Crippen LogP contribution is 2.18. The molecule has 5 nitrogen and oxygen atoms in total. The van der Waals surface area contributed by atoms with Crippen molar-refractivity contribution in [3.63, 3.8) is 0 Å². The Balaban J connectivity index is 2.65. The van der Waals surface area contributed by atoms with Gasteiger partial charge in [0.15, 0.2) is 0 Å². The molecule has 0 fully saturated rings. The van der Waals surface area contributed by atoms with Crippen molar-refractivity contribution in [1.29, 1.82) is 0 Å². The predicted octanol–water partition coefficient (Wildman–Crippen LogP) is 0.901. The number of benzene rings is 1. The first kappa shape index (κ1) is 6.47. The number of fused-ring (bicyclic) bond motifs is 3. The maximum atomic E-state index is 4.14. The Labute approximate surface area is 72.8 Å². The second-order valence-corrected chi connectivity index (χ2v) is 2.73.